The Morgan fingerprint density at radius 1 is 1.38 bits per heavy atom. The topological polar surface area (TPSA) is 81.4 Å². The van der Waals surface area contributed by atoms with Crippen LogP contribution in [-0.4, -0.2) is 28.2 Å². The van der Waals surface area contributed by atoms with Crippen molar-refractivity contribution in [3.8, 4) is 0 Å². The van der Waals surface area contributed by atoms with Crippen LogP contribution in [0.4, 0.5) is 10.1 Å². The molecule has 0 unspecified atom stereocenters. The predicted octanol–water partition coefficient (Wildman–Crippen LogP) is 2.51. The van der Waals surface area contributed by atoms with Gasteiger partial charge in [-0.2, -0.15) is 0 Å². The number of nitrogen functional groups attached to an aromatic ring is 1. The fourth-order valence-electron chi connectivity index (χ4n) is 1.50. The van der Waals surface area contributed by atoms with Gasteiger partial charge in [0.15, 0.2) is 0 Å². The van der Waals surface area contributed by atoms with Crippen molar-refractivity contribution in [3.05, 3.63) is 22.4 Å². The number of sulfonamides is 1. The highest BCUT2D eigenvalue weighted by Crippen LogP contribution is 2.26. The van der Waals surface area contributed by atoms with Crippen molar-refractivity contribution in [1.29, 1.82) is 0 Å². The van der Waals surface area contributed by atoms with E-state index in [1.807, 2.05) is 0 Å². The van der Waals surface area contributed by atoms with Gasteiger partial charge in [-0.1, -0.05) is 13.8 Å². The van der Waals surface area contributed by atoms with Gasteiger partial charge in [-0.3, -0.25) is 0 Å². The summed E-state index contributed by atoms with van der Waals surface area (Å²) in [5, 5.41) is 0. The monoisotopic (exact) mass is 382 g/mol. The van der Waals surface area contributed by atoms with Gasteiger partial charge in [-0.15, -0.1) is 0 Å². The van der Waals surface area contributed by atoms with E-state index >= 15 is 0 Å². The summed E-state index contributed by atoms with van der Waals surface area (Å²) in [6.45, 7) is 5.18. The van der Waals surface area contributed by atoms with Gasteiger partial charge in [0.1, 0.15) is 5.82 Å². The van der Waals surface area contributed by atoms with Crippen molar-refractivity contribution in [2.24, 2.45) is 5.92 Å². The van der Waals surface area contributed by atoms with Gasteiger partial charge in [0.25, 0.3) is 0 Å². The van der Waals surface area contributed by atoms with E-state index in [4.69, 9.17) is 10.5 Å². The number of hydrogen-bond acceptors (Lipinski definition) is 4. The second kappa shape index (κ2) is 8.07. The Hall–Kier alpha value is -0.700. The first-order valence-corrected chi connectivity index (χ1v) is 8.83. The normalized spacial score (nSPS) is 12.0. The summed E-state index contributed by atoms with van der Waals surface area (Å²) >= 11 is 3.02. The van der Waals surface area contributed by atoms with Crippen molar-refractivity contribution in [2.75, 3.05) is 25.5 Å². The molecule has 1 aromatic rings. The lowest BCUT2D eigenvalue weighted by Gasteiger charge is -2.10. The number of hydrogen-bond donors (Lipinski definition) is 2. The number of nitrogens with two attached hydrogens (primary N) is 1. The first-order chi connectivity index (χ1) is 9.74. The van der Waals surface area contributed by atoms with Gasteiger partial charge in [0.05, 0.1) is 17.2 Å². The minimum Gasteiger partial charge on any atom is -0.396 e. The van der Waals surface area contributed by atoms with Gasteiger partial charge < -0.3 is 10.5 Å². The Labute approximate surface area is 133 Å². The lowest BCUT2D eigenvalue weighted by molar-refractivity contribution is 0.128. The van der Waals surface area contributed by atoms with Crippen molar-refractivity contribution in [3.63, 3.8) is 0 Å². The number of ether oxygens (including phenoxy) is 1. The highest BCUT2D eigenvalue weighted by Gasteiger charge is 2.19. The third-order valence-corrected chi connectivity index (χ3v) is 5.14. The SMILES string of the molecule is CC(C)CCOCCNS(=O)(=O)c1cc(N)c(F)cc1Br. The van der Waals surface area contributed by atoms with Crippen molar-refractivity contribution in [1.82, 2.24) is 4.72 Å². The summed E-state index contributed by atoms with van der Waals surface area (Å²) in [5.41, 5.74) is 5.18. The molecule has 0 heterocycles. The Kier molecular flexibility index (Phi) is 7.05. The fraction of sp³-hybridized carbons (Fsp3) is 0.538. The highest BCUT2D eigenvalue weighted by atomic mass is 79.9. The zero-order valence-corrected chi connectivity index (χ0v) is 14.4. The molecule has 0 aliphatic heterocycles. The fourth-order valence-corrected chi connectivity index (χ4v) is 3.56. The average molecular weight is 383 g/mol. The quantitative estimate of drug-likeness (QED) is 0.534. The molecule has 1 aromatic carbocycles. The molecule has 120 valence electrons. The summed E-state index contributed by atoms with van der Waals surface area (Å²) in [6, 6.07) is 2.12. The van der Waals surface area contributed by atoms with E-state index in [-0.39, 0.29) is 28.2 Å². The standard InChI is InChI=1S/C13H20BrFN2O3S/c1-9(2)3-5-20-6-4-17-21(18,19)13-8-12(16)11(15)7-10(13)14/h7-9,17H,3-6,16H2,1-2H3. The van der Waals surface area contributed by atoms with Crippen LogP contribution in [0.2, 0.25) is 0 Å². The Bertz CT molecular complexity index is 579. The summed E-state index contributed by atoms with van der Waals surface area (Å²) in [5.74, 6) is -0.127. The maximum absolute atomic E-state index is 13.2. The van der Waals surface area contributed by atoms with Gasteiger partial charge >= 0.3 is 0 Å². The maximum Gasteiger partial charge on any atom is 0.241 e. The Morgan fingerprint density at radius 2 is 2.05 bits per heavy atom. The molecule has 0 amide bonds. The van der Waals surface area contributed by atoms with Crippen LogP contribution in [0.15, 0.2) is 21.5 Å². The summed E-state index contributed by atoms with van der Waals surface area (Å²) in [4.78, 5) is -0.0939. The zero-order chi connectivity index (χ0) is 16.0. The van der Waals surface area contributed by atoms with Gasteiger partial charge in [0, 0.05) is 17.6 Å². The van der Waals surface area contributed by atoms with E-state index < -0.39 is 15.8 Å². The van der Waals surface area contributed by atoms with E-state index in [9.17, 15) is 12.8 Å². The third kappa shape index (κ3) is 5.90. The van der Waals surface area contributed by atoms with Gasteiger partial charge in [-0.25, -0.2) is 17.5 Å². The van der Waals surface area contributed by atoms with Crippen LogP contribution < -0.4 is 10.5 Å². The number of benzene rings is 1. The maximum atomic E-state index is 13.2. The van der Waals surface area contributed by atoms with Crippen LogP contribution in [0.3, 0.4) is 0 Å². The Morgan fingerprint density at radius 3 is 2.67 bits per heavy atom. The predicted molar refractivity (Wildman–Crippen MR) is 84.0 cm³/mol. The van der Waals surface area contributed by atoms with E-state index in [1.54, 1.807) is 0 Å². The minimum absolute atomic E-state index is 0.0939. The van der Waals surface area contributed by atoms with Crippen LogP contribution in [-0.2, 0) is 14.8 Å². The van der Waals surface area contributed by atoms with Crippen LogP contribution in [0, 0.1) is 11.7 Å². The van der Waals surface area contributed by atoms with Crippen LogP contribution in [0.25, 0.3) is 0 Å². The summed E-state index contributed by atoms with van der Waals surface area (Å²) in [6.07, 6.45) is 0.923. The van der Waals surface area contributed by atoms with Crippen molar-refractivity contribution in [2.45, 2.75) is 25.2 Å². The number of nitrogens with one attached hydrogen (secondary N) is 1. The molecule has 0 saturated heterocycles. The first kappa shape index (κ1) is 18.3. The van der Waals surface area contributed by atoms with Crippen LogP contribution in [0.5, 0.6) is 0 Å². The molecule has 8 heteroatoms. The second-order valence-electron chi connectivity index (χ2n) is 5.00. The summed E-state index contributed by atoms with van der Waals surface area (Å²) < 4.78 is 45.2. The number of halogens is 2. The molecule has 3 N–H and O–H groups in total. The van der Waals surface area contributed by atoms with Crippen LogP contribution in [0.1, 0.15) is 20.3 Å². The molecular formula is C13H20BrFN2O3S. The highest BCUT2D eigenvalue weighted by molar-refractivity contribution is 9.10. The molecule has 0 aliphatic carbocycles. The van der Waals surface area contributed by atoms with Gasteiger partial charge in [-0.05, 0) is 40.4 Å². The molecule has 0 aromatic heterocycles. The molecular weight excluding hydrogens is 363 g/mol. The second-order valence-corrected chi connectivity index (χ2v) is 7.59. The van der Waals surface area contributed by atoms with Crippen molar-refractivity contribution < 1.29 is 17.5 Å². The van der Waals surface area contributed by atoms with Gasteiger partial charge in [0.2, 0.25) is 10.0 Å². The molecule has 0 fully saturated rings. The smallest absolute Gasteiger partial charge is 0.241 e. The van der Waals surface area contributed by atoms with E-state index in [0.717, 1.165) is 18.6 Å². The van der Waals surface area contributed by atoms with E-state index in [0.29, 0.717) is 12.5 Å². The molecule has 0 atom stereocenters. The van der Waals surface area contributed by atoms with E-state index in [1.165, 1.54) is 0 Å². The molecule has 0 spiro atoms. The number of rotatable bonds is 8. The minimum atomic E-state index is -3.76. The molecule has 21 heavy (non-hydrogen) atoms. The molecule has 0 saturated carbocycles. The lowest BCUT2D eigenvalue weighted by Crippen LogP contribution is -2.28. The molecule has 1 rings (SSSR count). The zero-order valence-electron chi connectivity index (χ0n) is 12.0. The molecule has 0 radical (unpaired) electrons. The average Bonchev–Trinajstić information content (AvgIpc) is 2.37. The molecule has 0 aliphatic rings. The lowest BCUT2D eigenvalue weighted by atomic mass is 10.1. The third-order valence-electron chi connectivity index (χ3n) is 2.72. The van der Waals surface area contributed by atoms with Crippen LogP contribution >= 0.6 is 15.9 Å². The Balaban J connectivity index is 2.56. The van der Waals surface area contributed by atoms with E-state index in [2.05, 4.69) is 34.5 Å². The summed E-state index contributed by atoms with van der Waals surface area (Å²) in [7, 11) is -3.76. The first-order valence-electron chi connectivity index (χ1n) is 6.56. The molecule has 5 nitrogen and oxygen atoms in total. The molecule has 0 bridgehead atoms. The largest absolute Gasteiger partial charge is 0.396 e. The number of anilines is 1. The van der Waals surface area contributed by atoms with Crippen molar-refractivity contribution >= 4 is 31.6 Å².